The Hall–Kier alpha value is -2.66. The molecule has 150 valence electrons. The van der Waals surface area contributed by atoms with Gasteiger partial charge in [-0.3, -0.25) is 9.69 Å². The molecule has 3 atom stereocenters. The Morgan fingerprint density at radius 2 is 1.76 bits per heavy atom. The van der Waals surface area contributed by atoms with Crippen molar-refractivity contribution in [2.24, 2.45) is 0 Å². The van der Waals surface area contributed by atoms with Gasteiger partial charge in [-0.2, -0.15) is 0 Å². The van der Waals surface area contributed by atoms with Crippen LogP contribution < -0.4 is 5.32 Å². The number of hydrogen-bond donors (Lipinski definition) is 1. The van der Waals surface area contributed by atoms with Crippen LogP contribution in [-0.4, -0.2) is 33.9 Å². The molecule has 2 fully saturated rings. The van der Waals surface area contributed by atoms with Crippen molar-refractivity contribution < 1.29 is 9.21 Å². The molecular formula is C24H27N3O2. The minimum Gasteiger partial charge on any atom is -0.440 e. The van der Waals surface area contributed by atoms with Crippen molar-refractivity contribution in [2.75, 3.05) is 0 Å². The number of para-hydroxylation sites is 2. The van der Waals surface area contributed by atoms with Gasteiger partial charge >= 0.3 is 0 Å². The summed E-state index contributed by atoms with van der Waals surface area (Å²) in [7, 11) is 0. The van der Waals surface area contributed by atoms with Crippen LogP contribution in [0.15, 0.2) is 52.9 Å². The van der Waals surface area contributed by atoms with E-state index in [2.05, 4.69) is 39.5 Å². The molecule has 1 aromatic heterocycles. The molecule has 1 amide bonds. The number of aromatic nitrogens is 1. The molecule has 0 spiro atoms. The van der Waals surface area contributed by atoms with Gasteiger partial charge in [0.25, 0.3) is 0 Å². The smallest absolute Gasteiger partial charge is 0.217 e. The molecule has 0 saturated carbocycles. The summed E-state index contributed by atoms with van der Waals surface area (Å²) >= 11 is 0. The number of carbonyl (C=O) groups is 1. The van der Waals surface area contributed by atoms with Crippen LogP contribution >= 0.6 is 0 Å². The molecule has 3 heterocycles. The fraction of sp³-hybridized carbons (Fsp3) is 0.417. The first kappa shape index (κ1) is 18.4. The van der Waals surface area contributed by atoms with E-state index in [9.17, 15) is 4.79 Å². The summed E-state index contributed by atoms with van der Waals surface area (Å²) in [5.41, 5.74) is 4.32. The van der Waals surface area contributed by atoms with Gasteiger partial charge in [-0.25, -0.2) is 4.98 Å². The zero-order valence-corrected chi connectivity index (χ0v) is 16.8. The third-order valence-electron chi connectivity index (χ3n) is 6.37. The molecule has 5 nitrogen and oxygen atoms in total. The number of fused-ring (bicyclic) bond motifs is 3. The van der Waals surface area contributed by atoms with Crippen molar-refractivity contribution in [3.63, 3.8) is 0 Å². The van der Waals surface area contributed by atoms with Crippen LogP contribution in [0.5, 0.6) is 0 Å². The number of benzene rings is 2. The lowest BCUT2D eigenvalue weighted by atomic mass is 9.96. The van der Waals surface area contributed by atoms with Gasteiger partial charge in [0.2, 0.25) is 5.91 Å². The Kier molecular flexibility index (Phi) is 4.84. The largest absolute Gasteiger partial charge is 0.440 e. The molecule has 2 aliphatic heterocycles. The molecule has 1 N–H and O–H groups in total. The van der Waals surface area contributed by atoms with E-state index in [-0.39, 0.29) is 5.91 Å². The highest BCUT2D eigenvalue weighted by atomic mass is 16.3. The Labute approximate surface area is 171 Å². The molecule has 2 bridgehead atoms. The van der Waals surface area contributed by atoms with Gasteiger partial charge in [-0.1, -0.05) is 36.4 Å². The fourth-order valence-corrected chi connectivity index (χ4v) is 5.08. The van der Waals surface area contributed by atoms with Crippen molar-refractivity contribution in [3.8, 4) is 0 Å². The molecule has 0 radical (unpaired) electrons. The Morgan fingerprint density at radius 3 is 2.45 bits per heavy atom. The highest BCUT2D eigenvalue weighted by molar-refractivity contribution is 5.73. The van der Waals surface area contributed by atoms with Crippen LogP contribution in [-0.2, 0) is 17.8 Å². The predicted octanol–water partition coefficient (Wildman–Crippen LogP) is 4.05. The monoisotopic (exact) mass is 389 g/mol. The van der Waals surface area contributed by atoms with E-state index in [0.29, 0.717) is 24.5 Å². The van der Waals surface area contributed by atoms with Crippen LogP contribution in [0, 0.1) is 0 Å². The maximum Gasteiger partial charge on any atom is 0.217 e. The molecule has 2 saturated heterocycles. The van der Waals surface area contributed by atoms with Crippen LogP contribution in [0.25, 0.3) is 11.1 Å². The normalized spacial score (nSPS) is 24.1. The second kappa shape index (κ2) is 7.64. The summed E-state index contributed by atoms with van der Waals surface area (Å²) in [6.45, 7) is 2.61. The minimum atomic E-state index is 0.0948. The maximum atomic E-state index is 11.4. The van der Waals surface area contributed by atoms with Gasteiger partial charge in [0.05, 0.1) is 0 Å². The van der Waals surface area contributed by atoms with Crippen molar-refractivity contribution in [2.45, 2.75) is 63.7 Å². The molecule has 5 heteroatoms. The van der Waals surface area contributed by atoms with E-state index in [4.69, 9.17) is 4.42 Å². The van der Waals surface area contributed by atoms with Crippen molar-refractivity contribution in [3.05, 3.63) is 65.5 Å². The highest BCUT2D eigenvalue weighted by Crippen LogP contribution is 2.36. The van der Waals surface area contributed by atoms with Gasteiger partial charge in [0, 0.05) is 38.0 Å². The topological polar surface area (TPSA) is 58.4 Å². The molecule has 2 unspecified atom stereocenters. The van der Waals surface area contributed by atoms with Crippen molar-refractivity contribution >= 4 is 17.0 Å². The lowest BCUT2D eigenvalue weighted by Crippen LogP contribution is -2.49. The summed E-state index contributed by atoms with van der Waals surface area (Å²) in [5.74, 6) is 0.856. The summed E-state index contributed by atoms with van der Waals surface area (Å²) in [6, 6.07) is 18.3. The van der Waals surface area contributed by atoms with Crippen LogP contribution in [0.1, 0.15) is 49.6 Å². The fourth-order valence-electron chi connectivity index (χ4n) is 5.08. The molecule has 2 aromatic carbocycles. The van der Waals surface area contributed by atoms with Gasteiger partial charge in [0.1, 0.15) is 5.52 Å². The molecular weight excluding hydrogens is 362 g/mol. The number of nitrogens with one attached hydrogen (secondary N) is 1. The third-order valence-corrected chi connectivity index (χ3v) is 6.37. The summed E-state index contributed by atoms with van der Waals surface area (Å²) < 4.78 is 5.85. The molecule has 3 aromatic rings. The summed E-state index contributed by atoms with van der Waals surface area (Å²) in [4.78, 5) is 18.6. The lowest BCUT2D eigenvalue weighted by Gasteiger charge is -2.39. The van der Waals surface area contributed by atoms with Gasteiger partial charge in [-0.15, -0.1) is 0 Å². The van der Waals surface area contributed by atoms with Gasteiger partial charge in [-0.05, 0) is 48.9 Å². The zero-order valence-electron chi connectivity index (χ0n) is 16.8. The van der Waals surface area contributed by atoms with Crippen molar-refractivity contribution in [1.82, 2.24) is 15.2 Å². The number of hydrogen-bond acceptors (Lipinski definition) is 4. The SMILES string of the molecule is CC(=O)NC1CC2CC[C@@H](C1)N2Cc1ccc(Cc2nc3ccccc3o2)cc1. The van der Waals surface area contributed by atoms with Crippen molar-refractivity contribution in [1.29, 1.82) is 0 Å². The first-order chi connectivity index (χ1) is 14.1. The van der Waals surface area contributed by atoms with E-state index < -0.39 is 0 Å². The second-order valence-corrected chi connectivity index (χ2v) is 8.49. The molecule has 5 rings (SSSR count). The minimum absolute atomic E-state index is 0.0948. The quantitative estimate of drug-likeness (QED) is 0.715. The maximum absolute atomic E-state index is 11.4. The Morgan fingerprint density at radius 1 is 1.07 bits per heavy atom. The van der Waals surface area contributed by atoms with Gasteiger partial charge < -0.3 is 9.73 Å². The highest BCUT2D eigenvalue weighted by Gasteiger charge is 2.40. The number of oxazole rings is 1. The van der Waals surface area contributed by atoms with E-state index in [0.717, 1.165) is 36.4 Å². The zero-order chi connectivity index (χ0) is 19.8. The Balaban J connectivity index is 1.22. The van der Waals surface area contributed by atoms with E-state index in [1.54, 1.807) is 6.92 Å². The lowest BCUT2D eigenvalue weighted by molar-refractivity contribution is -0.120. The van der Waals surface area contributed by atoms with E-state index in [1.165, 1.54) is 24.0 Å². The first-order valence-electron chi connectivity index (χ1n) is 10.6. The van der Waals surface area contributed by atoms with E-state index >= 15 is 0 Å². The molecule has 2 aliphatic rings. The number of piperidine rings is 1. The molecule has 0 aliphatic carbocycles. The van der Waals surface area contributed by atoms with Crippen LogP contribution in [0.3, 0.4) is 0 Å². The first-order valence-corrected chi connectivity index (χ1v) is 10.6. The number of rotatable bonds is 5. The van der Waals surface area contributed by atoms with Crippen LogP contribution in [0.2, 0.25) is 0 Å². The summed E-state index contributed by atoms with van der Waals surface area (Å²) in [5, 5.41) is 3.13. The predicted molar refractivity (Wildman–Crippen MR) is 112 cm³/mol. The van der Waals surface area contributed by atoms with Crippen LogP contribution in [0.4, 0.5) is 0 Å². The van der Waals surface area contributed by atoms with E-state index in [1.807, 2.05) is 24.3 Å². The number of carbonyl (C=O) groups excluding carboxylic acids is 1. The average Bonchev–Trinajstić information content (AvgIpc) is 3.20. The third kappa shape index (κ3) is 3.92. The second-order valence-electron chi connectivity index (χ2n) is 8.49. The number of nitrogens with zero attached hydrogens (tertiary/aromatic N) is 2. The van der Waals surface area contributed by atoms with Gasteiger partial charge in [0.15, 0.2) is 11.5 Å². The Bertz CT molecular complexity index is 963. The average molecular weight is 389 g/mol. The number of amides is 1. The molecule has 29 heavy (non-hydrogen) atoms. The summed E-state index contributed by atoms with van der Waals surface area (Å²) in [6.07, 6.45) is 5.35. The standard InChI is InChI=1S/C24H27N3O2/c1-16(28)25-19-13-20-10-11-21(14-19)27(20)15-18-8-6-17(7-9-18)12-24-26-22-4-2-3-5-23(22)29-24/h2-9,19-21H,10-15H2,1H3,(H,25,28)/t19?,20-,21?/m0/s1.